The Morgan fingerprint density at radius 2 is 2.25 bits per heavy atom. The monoisotopic (exact) mass is 220 g/mol. The maximum atomic E-state index is 13.0. The molecule has 1 atom stereocenters. The normalized spacial score (nSPS) is 17.8. The number of halogens is 1. The number of nitrogens with zero attached hydrogens (tertiary/aromatic N) is 1. The van der Waals surface area contributed by atoms with E-state index >= 15 is 0 Å². The minimum atomic E-state index is -0.184. The summed E-state index contributed by atoms with van der Waals surface area (Å²) in [6, 6.07) is 6.83. The fourth-order valence-electron chi connectivity index (χ4n) is 1.92. The number of rotatable bonds is 2. The highest BCUT2D eigenvalue weighted by atomic mass is 19.1. The summed E-state index contributed by atoms with van der Waals surface area (Å²) in [4.78, 5) is 4.43. The molecule has 1 heterocycles. The lowest BCUT2D eigenvalue weighted by Crippen LogP contribution is -2.28. The van der Waals surface area contributed by atoms with Crippen LogP contribution in [0.15, 0.2) is 29.3 Å². The highest BCUT2D eigenvalue weighted by molar-refractivity contribution is 5.83. The molecule has 0 aromatic heterocycles. The van der Waals surface area contributed by atoms with Crippen molar-refractivity contribution in [1.29, 1.82) is 0 Å². The van der Waals surface area contributed by atoms with Crippen LogP contribution < -0.4 is 5.32 Å². The van der Waals surface area contributed by atoms with Gasteiger partial charge in [0.15, 0.2) is 0 Å². The molecule has 86 valence electrons. The topological polar surface area (TPSA) is 24.4 Å². The summed E-state index contributed by atoms with van der Waals surface area (Å²) in [5.74, 6) is 0.875. The van der Waals surface area contributed by atoms with Gasteiger partial charge in [0.1, 0.15) is 5.82 Å². The summed E-state index contributed by atoms with van der Waals surface area (Å²) in [7, 11) is 0. The first-order valence-corrected chi connectivity index (χ1v) is 5.81. The molecular formula is C13H17FN2. The lowest BCUT2D eigenvalue weighted by atomic mass is 10.1. The maximum Gasteiger partial charge on any atom is 0.123 e. The number of aliphatic imine (C=N–C) groups is 1. The lowest BCUT2D eigenvalue weighted by Gasteiger charge is -2.19. The van der Waals surface area contributed by atoms with Gasteiger partial charge in [-0.15, -0.1) is 0 Å². The Labute approximate surface area is 95.6 Å². The van der Waals surface area contributed by atoms with E-state index in [0.717, 1.165) is 24.4 Å². The smallest absolute Gasteiger partial charge is 0.123 e. The largest absolute Gasteiger partial charge is 0.367 e. The van der Waals surface area contributed by atoms with Crippen molar-refractivity contribution >= 4 is 5.84 Å². The van der Waals surface area contributed by atoms with Crippen molar-refractivity contribution < 1.29 is 4.39 Å². The van der Waals surface area contributed by atoms with Gasteiger partial charge in [-0.05, 0) is 37.5 Å². The summed E-state index contributed by atoms with van der Waals surface area (Å²) < 4.78 is 13.0. The van der Waals surface area contributed by atoms with Crippen LogP contribution in [0.5, 0.6) is 0 Å². The van der Waals surface area contributed by atoms with Crippen molar-refractivity contribution in [3.05, 3.63) is 35.6 Å². The van der Waals surface area contributed by atoms with E-state index in [9.17, 15) is 4.39 Å². The molecule has 0 aliphatic carbocycles. The average molecular weight is 220 g/mol. The standard InChI is InChI=1S/C13H17FN2/c1-10(11-5-4-6-12(14)9-11)16-13-7-2-3-8-15-13/h4-6,9-10H,2-3,7-8H2,1H3,(H,15,16). The maximum absolute atomic E-state index is 13.0. The van der Waals surface area contributed by atoms with Gasteiger partial charge in [0, 0.05) is 19.0 Å². The minimum Gasteiger partial charge on any atom is -0.367 e. The van der Waals surface area contributed by atoms with Gasteiger partial charge in [-0.25, -0.2) is 4.39 Å². The molecule has 1 unspecified atom stereocenters. The Hall–Kier alpha value is -1.38. The third-order valence-electron chi connectivity index (χ3n) is 2.86. The molecule has 2 rings (SSSR count). The van der Waals surface area contributed by atoms with Gasteiger partial charge in [0.25, 0.3) is 0 Å². The minimum absolute atomic E-state index is 0.118. The van der Waals surface area contributed by atoms with Gasteiger partial charge in [-0.2, -0.15) is 0 Å². The van der Waals surface area contributed by atoms with Crippen LogP contribution in [0.2, 0.25) is 0 Å². The van der Waals surface area contributed by atoms with Crippen LogP contribution in [0.25, 0.3) is 0 Å². The van der Waals surface area contributed by atoms with Gasteiger partial charge < -0.3 is 5.32 Å². The molecule has 16 heavy (non-hydrogen) atoms. The fraction of sp³-hybridized carbons (Fsp3) is 0.462. The predicted octanol–water partition coefficient (Wildman–Crippen LogP) is 3.06. The second kappa shape index (κ2) is 5.10. The van der Waals surface area contributed by atoms with Crippen LogP contribution in [-0.2, 0) is 0 Å². The summed E-state index contributed by atoms with van der Waals surface area (Å²) in [5.41, 5.74) is 0.966. The third-order valence-corrected chi connectivity index (χ3v) is 2.86. The molecule has 1 aliphatic rings. The number of nitrogens with one attached hydrogen (secondary N) is 1. The van der Waals surface area contributed by atoms with Crippen molar-refractivity contribution in [2.45, 2.75) is 32.2 Å². The van der Waals surface area contributed by atoms with Crippen molar-refractivity contribution in [2.75, 3.05) is 6.54 Å². The van der Waals surface area contributed by atoms with E-state index < -0.39 is 0 Å². The zero-order valence-corrected chi connectivity index (χ0v) is 9.54. The Morgan fingerprint density at radius 1 is 1.38 bits per heavy atom. The van der Waals surface area contributed by atoms with Gasteiger partial charge in [-0.3, -0.25) is 4.99 Å². The Bertz CT molecular complexity index is 387. The molecule has 1 aromatic rings. The molecule has 3 heteroatoms. The average Bonchev–Trinajstić information content (AvgIpc) is 2.30. The van der Waals surface area contributed by atoms with Crippen molar-refractivity contribution in [3.63, 3.8) is 0 Å². The van der Waals surface area contributed by atoms with Gasteiger partial charge in [0.2, 0.25) is 0 Å². The molecular weight excluding hydrogens is 203 g/mol. The quantitative estimate of drug-likeness (QED) is 0.814. The predicted molar refractivity (Wildman–Crippen MR) is 64.1 cm³/mol. The Kier molecular flexibility index (Phi) is 3.54. The number of hydrogen-bond acceptors (Lipinski definition) is 2. The van der Waals surface area contributed by atoms with Gasteiger partial charge in [-0.1, -0.05) is 12.1 Å². The van der Waals surface area contributed by atoms with Gasteiger partial charge in [0.05, 0.1) is 5.84 Å². The second-order valence-corrected chi connectivity index (χ2v) is 4.21. The van der Waals surface area contributed by atoms with Crippen molar-refractivity contribution in [2.24, 2.45) is 4.99 Å². The van der Waals surface area contributed by atoms with E-state index in [1.54, 1.807) is 12.1 Å². The number of benzene rings is 1. The number of amidine groups is 1. The molecule has 0 bridgehead atoms. The van der Waals surface area contributed by atoms with E-state index in [0.29, 0.717) is 0 Å². The summed E-state index contributed by atoms with van der Waals surface area (Å²) in [6.45, 7) is 2.95. The highest BCUT2D eigenvalue weighted by Crippen LogP contribution is 2.15. The second-order valence-electron chi connectivity index (χ2n) is 4.21. The Morgan fingerprint density at radius 3 is 2.94 bits per heavy atom. The lowest BCUT2D eigenvalue weighted by molar-refractivity contribution is 0.613. The first-order chi connectivity index (χ1) is 7.75. The molecule has 2 nitrogen and oxygen atoms in total. The first-order valence-electron chi connectivity index (χ1n) is 5.81. The van der Waals surface area contributed by atoms with Crippen LogP contribution in [0, 0.1) is 5.82 Å². The molecule has 1 aromatic carbocycles. The van der Waals surface area contributed by atoms with Crippen LogP contribution in [0.3, 0.4) is 0 Å². The zero-order valence-electron chi connectivity index (χ0n) is 9.54. The van der Waals surface area contributed by atoms with Crippen molar-refractivity contribution in [3.8, 4) is 0 Å². The molecule has 0 amide bonds. The number of hydrogen-bond donors (Lipinski definition) is 1. The van der Waals surface area contributed by atoms with Crippen LogP contribution in [-0.4, -0.2) is 12.4 Å². The van der Waals surface area contributed by atoms with Gasteiger partial charge >= 0.3 is 0 Å². The summed E-state index contributed by atoms with van der Waals surface area (Å²) in [6.07, 6.45) is 3.39. The first kappa shape index (κ1) is 11.1. The molecule has 1 aliphatic heterocycles. The molecule has 1 N–H and O–H groups in total. The third kappa shape index (κ3) is 2.81. The summed E-state index contributed by atoms with van der Waals surface area (Å²) >= 11 is 0. The Balaban J connectivity index is 2.02. The van der Waals surface area contributed by atoms with E-state index in [4.69, 9.17) is 0 Å². The molecule has 0 spiro atoms. The molecule has 0 saturated carbocycles. The molecule has 0 fully saturated rings. The van der Waals surface area contributed by atoms with E-state index in [1.165, 1.54) is 18.9 Å². The van der Waals surface area contributed by atoms with Crippen LogP contribution in [0.4, 0.5) is 4.39 Å². The fourth-order valence-corrected chi connectivity index (χ4v) is 1.92. The van der Waals surface area contributed by atoms with E-state index in [-0.39, 0.29) is 11.9 Å². The SMILES string of the molecule is CC(NC1=NCCCC1)c1cccc(F)c1. The van der Waals surface area contributed by atoms with Crippen LogP contribution in [0.1, 0.15) is 37.8 Å². The van der Waals surface area contributed by atoms with Crippen LogP contribution >= 0.6 is 0 Å². The van der Waals surface area contributed by atoms with E-state index in [1.807, 2.05) is 13.0 Å². The molecule has 0 saturated heterocycles. The summed E-state index contributed by atoms with van der Waals surface area (Å²) in [5, 5.41) is 3.35. The van der Waals surface area contributed by atoms with Crippen molar-refractivity contribution in [1.82, 2.24) is 5.32 Å². The zero-order chi connectivity index (χ0) is 11.4. The highest BCUT2D eigenvalue weighted by Gasteiger charge is 2.10. The molecule has 0 radical (unpaired) electrons. The van der Waals surface area contributed by atoms with E-state index in [2.05, 4.69) is 10.3 Å².